The Kier molecular flexibility index (Phi) is 5.31. The molecule has 0 spiro atoms. The Morgan fingerprint density at radius 3 is 2.75 bits per heavy atom. The van der Waals surface area contributed by atoms with Gasteiger partial charge in [0.2, 0.25) is 11.7 Å². The molecule has 10 heteroatoms. The molecule has 2 aromatic heterocycles. The fourth-order valence-corrected chi connectivity index (χ4v) is 3.55. The summed E-state index contributed by atoms with van der Waals surface area (Å²) < 4.78 is 31.9. The number of carbonyl (C=O) groups excluding carboxylic acids is 1. The van der Waals surface area contributed by atoms with Crippen molar-refractivity contribution in [1.29, 1.82) is 0 Å². The van der Waals surface area contributed by atoms with E-state index in [1.54, 1.807) is 16.2 Å². The van der Waals surface area contributed by atoms with E-state index in [1.165, 1.54) is 6.07 Å². The summed E-state index contributed by atoms with van der Waals surface area (Å²) in [5, 5.41) is 10.4. The van der Waals surface area contributed by atoms with Crippen LogP contribution in [-0.4, -0.2) is 52.2 Å². The van der Waals surface area contributed by atoms with E-state index in [1.807, 2.05) is 16.8 Å². The summed E-state index contributed by atoms with van der Waals surface area (Å²) in [7, 11) is 0. The summed E-state index contributed by atoms with van der Waals surface area (Å²) in [6, 6.07) is 4.57. The number of nitrogens with zero attached hydrogens (tertiary/aromatic N) is 4. The molecule has 0 saturated carbocycles. The summed E-state index contributed by atoms with van der Waals surface area (Å²) in [5.74, 6) is -0.403. The Labute approximate surface area is 163 Å². The van der Waals surface area contributed by atoms with E-state index < -0.39 is 17.7 Å². The first-order valence-electron chi connectivity index (χ1n) is 8.67. The number of benzene rings is 1. The van der Waals surface area contributed by atoms with Crippen LogP contribution >= 0.6 is 11.3 Å². The molecule has 1 fully saturated rings. The third kappa shape index (κ3) is 4.18. The van der Waals surface area contributed by atoms with Gasteiger partial charge in [-0.25, -0.2) is 13.6 Å². The second-order valence-electron chi connectivity index (χ2n) is 6.34. The Bertz CT molecular complexity index is 955. The molecule has 1 N–H and O–H groups in total. The lowest BCUT2D eigenvalue weighted by Crippen LogP contribution is -2.49. The fraction of sp³-hybridized carbons (Fsp3) is 0.278. The van der Waals surface area contributed by atoms with Gasteiger partial charge in [0.05, 0.1) is 12.2 Å². The predicted octanol–water partition coefficient (Wildman–Crippen LogP) is 3.43. The first kappa shape index (κ1) is 18.5. The van der Waals surface area contributed by atoms with Gasteiger partial charge in [-0.2, -0.15) is 16.3 Å². The lowest BCUT2D eigenvalue weighted by molar-refractivity contribution is 0.133. The number of thiophene rings is 1. The van der Waals surface area contributed by atoms with Crippen molar-refractivity contribution < 1.29 is 18.1 Å². The van der Waals surface area contributed by atoms with Gasteiger partial charge in [-0.05, 0) is 23.6 Å². The Morgan fingerprint density at radius 1 is 1.21 bits per heavy atom. The first-order chi connectivity index (χ1) is 13.6. The lowest BCUT2D eigenvalue weighted by Gasteiger charge is -2.33. The first-order valence-corrected chi connectivity index (χ1v) is 9.61. The quantitative estimate of drug-likeness (QED) is 0.720. The predicted molar refractivity (Wildman–Crippen MR) is 99.8 cm³/mol. The van der Waals surface area contributed by atoms with Gasteiger partial charge in [-0.3, -0.25) is 4.90 Å². The number of rotatable bonds is 4. The van der Waals surface area contributed by atoms with Crippen LogP contribution in [0.5, 0.6) is 0 Å². The van der Waals surface area contributed by atoms with Crippen molar-refractivity contribution in [2.75, 3.05) is 31.5 Å². The summed E-state index contributed by atoms with van der Waals surface area (Å²) in [4.78, 5) is 20.4. The number of hydrogen-bond acceptors (Lipinski definition) is 6. The van der Waals surface area contributed by atoms with E-state index in [2.05, 4.69) is 20.4 Å². The smallest absolute Gasteiger partial charge is 0.322 e. The Hall–Kier alpha value is -2.85. The molecule has 0 unspecified atom stereocenters. The molecule has 0 bridgehead atoms. The number of urea groups is 1. The molecule has 4 rings (SSSR count). The summed E-state index contributed by atoms with van der Waals surface area (Å²) in [6.45, 7) is 2.69. The minimum absolute atomic E-state index is 0.0411. The monoisotopic (exact) mass is 405 g/mol. The van der Waals surface area contributed by atoms with Crippen molar-refractivity contribution in [3.63, 3.8) is 0 Å². The number of anilines is 1. The largest absolute Gasteiger partial charge is 0.338 e. The highest BCUT2D eigenvalue weighted by molar-refractivity contribution is 7.08. The standard InChI is InChI=1S/C18H17F2N5O2S/c19-13-1-2-15(14(20)9-13)21-18(26)25-6-4-24(5-7-25)10-16-22-17(23-27-16)12-3-8-28-11-12/h1-3,8-9,11H,4-7,10H2,(H,21,26). The third-order valence-electron chi connectivity index (χ3n) is 4.44. The minimum atomic E-state index is -0.801. The molecule has 0 atom stereocenters. The van der Waals surface area contributed by atoms with E-state index in [9.17, 15) is 13.6 Å². The van der Waals surface area contributed by atoms with Crippen LogP contribution in [0.1, 0.15) is 5.89 Å². The lowest BCUT2D eigenvalue weighted by atomic mass is 10.3. The van der Waals surface area contributed by atoms with Gasteiger partial charge in [0.1, 0.15) is 11.6 Å². The van der Waals surface area contributed by atoms with Crippen molar-refractivity contribution in [2.24, 2.45) is 0 Å². The zero-order valence-corrected chi connectivity index (χ0v) is 15.6. The number of carbonyl (C=O) groups is 1. The van der Waals surface area contributed by atoms with Crippen LogP contribution in [-0.2, 0) is 6.54 Å². The van der Waals surface area contributed by atoms with E-state index >= 15 is 0 Å². The molecule has 2 amide bonds. The molecule has 1 aliphatic rings. The SMILES string of the molecule is O=C(Nc1ccc(F)cc1F)N1CCN(Cc2nc(-c3ccsc3)no2)CC1. The highest BCUT2D eigenvalue weighted by Gasteiger charge is 2.23. The van der Waals surface area contributed by atoms with Gasteiger partial charge < -0.3 is 14.7 Å². The van der Waals surface area contributed by atoms with Crippen LogP contribution in [0.4, 0.5) is 19.3 Å². The van der Waals surface area contributed by atoms with E-state index in [4.69, 9.17) is 4.52 Å². The second kappa shape index (κ2) is 8.03. The second-order valence-corrected chi connectivity index (χ2v) is 7.12. The van der Waals surface area contributed by atoms with Crippen LogP contribution < -0.4 is 5.32 Å². The molecule has 1 aliphatic heterocycles. The number of amides is 2. The van der Waals surface area contributed by atoms with Crippen LogP contribution in [0.3, 0.4) is 0 Å². The summed E-state index contributed by atoms with van der Waals surface area (Å²) >= 11 is 1.57. The molecule has 1 saturated heterocycles. The molecular weight excluding hydrogens is 388 g/mol. The van der Waals surface area contributed by atoms with Gasteiger partial charge in [0.25, 0.3) is 0 Å². The fourth-order valence-electron chi connectivity index (χ4n) is 2.91. The van der Waals surface area contributed by atoms with Gasteiger partial charge in [-0.1, -0.05) is 5.16 Å². The molecule has 3 heterocycles. The maximum absolute atomic E-state index is 13.7. The molecule has 0 radical (unpaired) electrons. The average Bonchev–Trinajstić information content (AvgIpc) is 3.36. The highest BCUT2D eigenvalue weighted by atomic mass is 32.1. The van der Waals surface area contributed by atoms with Gasteiger partial charge in [0, 0.05) is 43.2 Å². The summed E-state index contributed by atoms with van der Waals surface area (Å²) in [5.41, 5.74) is 0.884. The molecule has 146 valence electrons. The van der Waals surface area contributed by atoms with Gasteiger partial charge in [0.15, 0.2) is 0 Å². The van der Waals surface area contributed by atoms with Crippen molar-refractivity contribution in [3.05, 3.63) is 52.6 Å². The molecular formula is C18H17F2N5O2S. The molecule has 3 aromatic rings. The molecule has 0 aliphatic carbocycles. The van der Waals surface area contributed by atoms with Crippen LogP contribution in [0.15, 0.2) is 39.5 Å². The Morgan fingerprint density at radius 2 is 2.04 bits per heavy atom. The number of halogens is 2. The van der Waals surface area contributed by atoms with E-state index in [-0.39, 0.29) is 5.69 Å². The summed E-state index contributed by atoms with van der Waals surface area (Å²) in [6.07, 6.45) is 0. The van der Waals surface area contributed by atoms with E-state index in [0.717, 1.165) is 17.7 Å². The highest BCUT2D eigenvalue weighted by Crippen LogP contribution is 2.20. The van der Waals surface area contributed by atoms with Crippen molar-refractivity contribution in [3.8, 4) is 11.4 Å². The normalized spacial score (nSPS) is 15.0. The number of piperazine rings is 1. The third-order valence-corrected chi connectivity index (χ3v) is 5.12. The van der Waals surface area contributed by atoms with Crippen molar-refractivity contribution in [1.82, 2.24) is 19.9 Å². The zero-order valence-electron chi connectivity index (χ0n) is 14.8. The van der Waals surface area contributed by atoms with E-state index in [0.29, 0.717) is 44.4 Å². The van der Waals surface area contributed by atoms with Crippen LogP contribution in [0.2, 0.25) is 0 Å². The van der Waals surface area contributed by atoms with Crippen molar-refractivity contribution >= 4 is 23.1 Å². The van der Waals surface area contributed by atoms with Crippen molar-refractivity contribution in [2.45, 2.75) is 6.54 Å². The van der Waals surface area contributed by atoms with Gasteiger partial charge in [-0.15, -0.1) is 0 Å². The van der Waals surface area contributed by atoms with Gasteiger partial charge >= 0.3 is 6.03 Å². The van der Waals surface area contributed by atoms with Crippen LogP contribution in [0.25, 0.3) is 11.4 Å². The number of nitrogens with one attached hydrogen (secondary N) is 1. The molecule has 7 nitrogen and oxygen atoms in total. The topological polar surface area (TPSA) is 74.5 Å². The zero-order chi connectivity index (χ0) is 19.5. The maximum atomic E-state index is 13.7. The average molecular weight is 405 g/mol. The van der Waals surface area contributed by atoms with Crippen LogP contribution in [0, 0.1) is 11.6 Å². The minimum Gasteiger partial charge on any atom is -0.338 e. The number of hydrogen-bond donors (Lipinski definition) is 1. The molecule has 1 aromatic carbocycles. The molecule has 28 heavy (non-hydrogen) atoms. The Balaban J connectivity index is 1.29. The number of aromatic nitrogens is 2. The maximum Gasteiger partial charge on any atom is 0.322 e.